The summed E-state index contributed by atoms with van der Waals surface area (Å²) in [7, 11) is 0. The highest BCUT2D eigenvalue weighted by molar-refractivity contribution is 5.15. The van der Waals surface area contributed by atoms with E-state index in [2.05, 4.69) is 0 Å². The number of quaternary nitrogens is 1. The lowest BCUT2D eigenvalue weighted by Gasteiger charge is -2.10. The summed E-state index contributed by atoms with van der Waals surface area (Å²) >= 11 is 0. The number of aliphatic hydroxyl groups is 1. The minimum atomic E-state index is -0.170. The van der Waals surface area contributed by atoms with Crippen molar-refractivity contribution in [3.8, 4) is 0 Å². The molecule has 0 saturated carbocycles. The third-order valence-electron chi connectivity index (χ3n) is 2.39. The minimum Gasteiger partial charge on any atom is -0.390 e. The summed E-state index contributed by atoms with van der Waals surface area (Å²) < 4.78 is 13.2. The molecule has 0 fully saturated rings. The average molecular weight is 198 g/mol. The Bertz CT molecular complexity index is 274. The van der Waals surface area contributed by atoms with Crippen LogP contribution in [0.4, 0.5) is 4.39 Å². The third kappa shape index (κ3) is 3.09. The predicted octanol–water partition coefficient (Wildman–Crippen LogP) is 0.660. The van der Waals surface area contributed by atoms with Gasteiger partial charge in [0.05, 0.1) is 6.61 Å². The highest BCUT2D eigenvalue weighted by Crippen LogP contribution is 2.03. The largest absolute Gasteiger partial charge is 0.390 e. The molecule has 0 radical (unpaired) electrons. The van der Waals surface area contributed by atoms with Crippen molar-refractivity contribution in [1.29, 1.82) is 0 Å². The summed E-state index contributed by atoms with van der Waals surface area (Å²) in [5, 5.41) is 10.9. The van der Waals surface area contributed by atoms with Crippen LogP contribution in [-0.4, -0.2) is 17.8 Å². The second-order valence-electron chi connectivity index (χ2n) is 3.38. The van der Waals surface area contributed by atoms with Crippen LogP contribution >= 0.6 is 0 Å². The maximum absolute atomic E-state index is 13.2. The van der Waals surface area contributed by atoms with Crippen molar-refractivity contribution in [3.63, 3.8) is 0 Å². The van der Waals surface area contributed by atoms with E-state index in [1.165, 1.54) is 6.07 Å². The molecule has 0 aliphatic heterocycles. The first-order chi connectivity index (χ1) is 6.77. The van der Waals surface area contributed by atoms with Gasteiger partial charge in [-0.3, -0.25) is 0 Å². The van der Waals surface area contributed by atoms with E-state index in [9.17, 15) is 4.39 Å². The first-order valence-electron chi connectivity index (χ1n) is 4.95. The Kier molecular flexibility index (Phi) is 4.56. The lowest BCUT2D eigenvalue weighted by molar-refractivity contribution is -0.706. The Morgan fingerprint density at radius 3 is 2.71 bits per heavy atom. The zero-order valence-electron chi connectivity index (χ0n) is 8.41. The molecule has 3 heteroatoms. The second kappa shape index (κ2) is 5.73. The molecule has 0 amide bonds. The Morgan fingerprint density at radius 1 is 1.43 bits per heavy atom. The van der Waals surface area contributed by atoms with Gasteiger partial charge in [-0.05, 0) is 12.5 Å². The van der Waals surface area contributed by atoms with Crippen molar-refractivity contribution in [3.05, 3.63) is 35.6 Å². The van der Waals surface area contributed by atoms with Gasteiger partial charge in [-0.2, -0.15) is 0 Å². The number of aliphatic hydroxyl groups excluding tert-OH is 1. The minimum absolute atomic E-state index is 0.144. The molecule has 0 bridgehead atoms. The fourth-order valence-electron chi connectivity index (χ4n) is 1.33. The van der Waals surface area contributed by atoms with Gasteiger partial charge >= 0.3 is 0 Å². The normalized spacial score (nSPS) is 12.8. The second-order valence-corrected chi connectivity index (χ2v) is 3.38. The van der Waals surface area contributed by atoms with Crippen molar-refractivity contribution < 1.29 is 14.8 Å². The molecular formula is C11H17FNO+. The van der Waals surface area contributed by atoms with Crippen LogP contribution in [-0.2, 0) is 6.54 Å². The van der Waals surface area contributed by atoms with Gasteiger partial charge in [0.2, 0.25) is 0 Å². The zero-order valence-corrected chi connectivity index (χ0v) is 8.41. The Labute approximate surface area is 83.8 Å². The topological polar surface area (TPSA) is 36.8 Å². The fraction of sp³-hybridized carbons (Fsp3) is 0.455. The van der Waals surface area contributed by atoms with Crippen LogP contribution in [0, 0.1) is 5.82 Å². The molecule has 0 aliphatic rings. The van der Waals surface area contributed by atoms with Crippen molar-refractivity contribution in [2.75, 3.05) is 6.61 Å². The molecule has 0 aliphatic carbocycles. The third-order valence-corrected chi connectivity index (χ3v) is 2.39. The number of benzene rings is 1. The van der Waals surface area contributed by atoms with E-state index >= 15 is 0 Å². The van der Waals surface area contributed by atoms with Crippen molar-refractivity contribution >= 4 is 0 Å². The summed E-state index contributed by atoms with van der Waals surface area (Å²) in [4.78, 5) is 0. The molecule has 0 unspecified atom stereocenters. The van der Waals surface area contributed by atoms with E-state index in [0.717, 1.165) is 6.42 Å². The monoisotopic (exact) mass is 198 g/mol. The molecule has 3 N–H and O–H groups in total. The lowest BCUT2D eigenvalue weighted by Crippen LogP contribution is -2.89. The first-order valence-corrected chi connectivity index (χ1v) is 4.95. The van der Waals surface area contributed by atoms with Crippen molar-refractivity contribution in [2.24, 2.45) is 0 Å². The molecular weight excluding hydrogens is 181 g/mol. The molecule has 78 valence electrons. The zero-order chi connectivity index (χ0) is 10.4. The van der Waals surface area contributed by atoms with Crippen LogP contribution < -0.4 is 5.32 Å². The van der Waals surface area contributed by atoms with Crippen LogP contribution in [0.3, 0.4) is 0 Å². The van der Waals surface area contributed by atoms with Gasteiger partial charge in [0, 0.05) is 5.56 Å². The number of hydrogen-bond acceptors (Lipinski definition) is 1. The van der Waals surface area contributed by atoms with Gasteiger partial charge in [-0.15, -0.1) is 0 Å². The molecule has 1 rings (SSSR count). The first kappa shape index (κ1) is 11.1. The number of rotatable bonds is 5. The van der Waals surface area contributed by atoms with Gasteiger partial charge in [-0.1, -0.05) is 25.1 Å². The van der Waals surface area contributed by atoms with E-state index in [1.54, 1.807) is 12.1 Å². The molecule has 1 atom stereocenters. The van der Waals surface area contributed by atoms with Gasteiger partial charge in [0.25, 0.3) is 0 Å². The average Bonchev–Trinajstić information content (AvgIpc) is 2.22. The Balaban J connectivity index is 2.49. The van der Waals surface area contributed by atoms with Crippen molar-refractivity contribution in [1.82, 2.24) is 0 Å². The van der Waals surface area contributed by atoms with Gasteiger partial charge < -0.3 is 10.4 Å². The van der Waals surface area contributed by atoms with E-state index < -0.39 is 0 Å². The molecule has 0 aromatic heterocycles. The summed E-state index contributed by atoms with van der Waals surface area (Å²) in [5.41, 5.74) is 0.694. The maximum atomic E-state index is 13.2. The van der Waals surface area contributed by atoms with Crippen molar-refractivity contribution in [2.45, 2.75) is 25.9 Å². The van der Waals surface area contributed by atoms with Crippen LogP contribution in [0.2, 0.25) is 0 Å². The predicted molar refractivity (Wildman–Crippen MR) is 53.2 cm³/mol. The Hall–Kier alpha value is -0.930. The van der Waals surface area contributed by atoms with E-state index in [0.29, 0.717) is 12.1 Å². The van der Waals surface area contributed by atoms with E-state index in [1.807, 2.05) is 18.3 Å². The maximum Gasteiger partial charge on any atom is 0.132 e. The summed E-state index contributed by atoms with van der Waals surface area (Å²) in [6, 6.07) is 6.92. The van der Waals surface area contributed by atoms with Crippen LogP contribution in [0.1, 0.15) is 18.9 Å². The number of halogens is 1. The SMILES string of the molecule is CC[C@@H](CO)[NH2+]Cc1ccccc1F. The fourth-order valence-corrected chi connectivity index (χ4v) is 1.33. The summed E-state index contributed by atoms with van der Waals surface area (Å²) in [6.45, 7) is 2.75. The Morgan fingerprint density at radius 2 is 2.14 bits per heavy atom. The molecule has 14 heavy (non-hydrogen) atoms. The van der Waals surface area contributed by atoms with Crippen LogP contribution in [0.5, 0.6) is 0 Å². The smallest absolute Gasteiger partial charge is 0.132 e. The van der Waals surface area contributed by atoms with E-state index in [-0.39, 0.29) is 18.5 Å². The number of hydrogen-bond donors (Lipinski definition) is 2. The summed E-state index contributed by atoms with van der Waals surface area (Å²) in [5.74, 6) is -0.170. The van der Waals surface area contributed by atoms with Crippen LogP contribution in [0.25, 0.3) is 0 Å². The van der Waals surface area contributed by atoms with Crippen LogP contribution in [0.15, 0.2) is 24.3 Å². The molecule has 2 nitrogen and oxygen atoms in total. The molecule has 1 aromatic carbocycles. The lowest BCUT2D eigenvalue weighted by atomic mass is 10.2. The number of nitrogens with two attached hydrogens (primary N) is 1. The molecule has 0 spiro atoms. The van der Waals surface area contributed by atoms with Gasteiger partial charge in [0.15, 0.2) is 0 Å². The highest BCUT2D eigenvalue weighted by atomic mass is 19.1. The standard InChI is InChI=1S/C11H16FNO/c1-2-10(8-14)13-7-9-5-3-4-6-11(9)12/h3-6,10,13-14H,2,7-8H2,1H3/p+1/t10-/m0/s1. The molecule has 0 heterocycles. The molecule has 1 aromatic rings. The summed E-state index contributed by atoms with van der Waals surface area (Å²) in [6.07, 6.45) is 0.894. The molecule has 0 saturated heterocycles. The highest BCUT2D eigenvalue weighted by Gasteiger charge is 2.09. The van der Waals surface area contributed by atoms with Gasteiger partial charge in [-0.25, -0.2) is 4.39 Å². The van der Waals surface area contributed by atoms with E-state index in [4.69, 9.17) is 5.11 Å². The quantitative estimate of drug-likeness (QED) is 0.716. The van der Waals surface area contributed by atoms with Gasteiger partial charge in [0.1, 0.15) is 18.4 Å².